The van der Waals surface area contributed by atoms with Crippen molar-refractivity contribution in [1.82, 2.24) is 0 Å². The van der Waals surface area contributed by atoms with Crippen LogP contribution in [0.25, 0.3) is 33.4 Å². The number of rotatable bonds is 15. The Balaban J connectivity index is 0.860. The van der Waals surface area contributed by atoms with Crippen LogP contribution < -0.4 is 19.6 Å². The molecule has 0 aliphatic rings. The van der Waals surface area contributed by atoms with Crippen LogP contribution in [0, 0.1) is 41.5 Å². The third-order valence-electron chi connectivity index (χ3n) is 15.3. The van der Waals surface area contributed by atoms with Crippen LogP contribution >= 0.6 is 0 Å². The van der Waals surface area contributed by atoms with Crippen LogP contribution in [0.1, 0.15) is 33.4 Å². The Labute approximate surface area is 484 Å². The summed E-state index contributed by atoms with van der Waals surface area (Å²) in [4.78, 5) is 9.37. The smallest absolute Gasteiger partial charge is 0.0464 e. The van der Waals surface area contributed by atoms with E-state index in [1.54, 1.807) is 0 Å². The van der Waals surface area contributed by atoms with Gasteiger partial charge in [0.2, 0.25) is 0 Å². The highest BCUT2D eigenvalue weighted by Crippen LogP contribution is 2.42. The molecule has 0 N–H and O–H groups in total. The van der Waals surface area contributed by atoms with E-state index in [4.69, 9.17) is 0 Å². The van der Waals surface area contributed by atoms with Crippen molar-refractivity contribution < 1.29 is 0 Å². The van der Waals surface area contributed by atoms with Crippen molar-refractivity contribution in [2.24, 2.45) is 0 Å². The van der Waals surface area contributed by atoms with E-state index >= 15 is 0 Å². The summed E-state index contributed by atoms with van der Waals surface area (Å²) >= 11 is 0. The van der Waals surface area contributed by atoms with Gasteiger partial charge in [0, 0.05) is 68.2 Å². The first-order valence-corrected chi connectivity index (χ1v) is 28.3. The quantitative estimate of drug-likeness (QED) is 0.101. The van der Waals surface area contributed by atoms with Crippen molar-refractivity contribution in [2.45, 2.75) is 41.5 Å². The summed E-state index contributed by atoms with van der Waals surface area (Å²) in [6, 6.07) is 106. The molecule has 0 aliphatic carbocycles. The van der Waals surface area contributed by atoms with E-state index in [2.05, 4.69) is 352 Å². The van der Waals surface area contributed by atoms with Crippen LogP contribution in [-0.2, 0) is 0 Å². The van der Waals surface area contributed by atoms with Gasteiger partial charge < -0.3 is 19.6 Å². The van der Waals surface area contributed by atoms with Crippen LogP contribution in [0.3, 0.4) is 0 Å². The summed E-state index contributed by atoms with van der Waals surface area (Å²) in [6.45, 7) is 12.9. The monoisotopic (exact) mass is 1060 g/mol. The lowest BCUT2D eigenvalue weighted by atomic mass is 10.0. The van der Waals surface area contributed by atoms with Gasteiger partial charge in [-0.1, -0.05) is 146 Å². The normalized spacial score (nSPS) is 11.0. The number of hydrogen-bond acceptors (Lipinski definition) is 4. The topological polar surface area (TPSA) is 13.0 Å². The molecule has 0 unspecified atom stereocenters. The third kappa shape index (κ3) is 11.5. The molecule has 0 saturated carbocycles. The molecule has 0 aromatic heterocycles. The fourth-order valence-electron chi connectivity index (χ4n) is 11.2. The fraction of sp³-hybridized carbons (Fsp3) is 0.0769. The molecule has 0 amide bonds. The molecule has 0 radical (unpaired) electrons. The van der Waals surface area contributed by atoms with Crippen molar-refractivity contribution >= 4 is 68.2 Å². The van der Waals surface area contributed by atoms with E-state index in [1.165, 1.54) is 33.4 Å². The molecule has 12 rings (SSSR count). The summed E-state index contributed by atoms with van der Waals surface area (Å²) in [7, 11) is 0. The lowest BCUT2D eigenvalue weighted by Crippen LogP contribution is -2.10. The minimum Gasteiger partial charge on any atom is -0.311 e. The lowest BCUT2D eigenvalue weighted by molar-refractivity contribution is 1.26. The fourth-order valence-corrected chi connectivity index (χ4v) is 11.2. The Kier molecular flexibility index (Phi) is 14.9. The lowest BCUT2D eigenvalue weighted by Gasteiger charge is -2.27. The SMILES string of the molecule is Cc1cccc(N(c2ccc(-c3ccc(N(c4ccc(-c5ccc(N(c6cccc(C)c6)c6cccc(C)c6)cc5)cc4)c4ccc(-c5ccc(N(c6cccc(C)c6)c6cccc(C)c6)cc5)cc4)cc3)cc2)c2cccc(C)c2)c1. The molecule has 0 aliphatic heterocycles. The van der Waals surface area contributed by atoms with Crippen molar-refractivity contribution in [3.8, 4) is 33.4 Å². The van der Waals surface area contributed by atoms with E-state index < -0.39 is 0 Å². The highest BCUT2D eigenvalue weighted by Gasteiger charge is 2.19. The van der Waals surface area contributed by atoms with Gasteiger partial charge in [0.15, 0.2) is 0 Å². The summed E-state index contributed by atoms with van der Waals surface area (Å²) in [6.07, 6.45) is 0. The number of hydrogen-bond donors (Lipinski definition) is 0. The van der Waals surface area contributed by atoms with Gasteiger partial charge in [-0.05, 0) is 254 Å². The van der Waals surface area contributed by atoms with Crippen molar-refractivity contribution in [1.29, 1.82) is 0 Å². The second kappa shape index (κ2) is 23.3. The minimum absolute atomic E-state index is 1.07. The molecule has 0 saturated heterocycles. The third-order valence-corrected chi connectivity index (χ3v) is 15.3. The van der Waals surface area contributed by atoms with Gasteiger partial charge in [-0.2, -0.15) is 0 Å². The van der Waals surface area contributed by atoms with Gasteiger partial charge in [0.1, 0.15) is 0 Å². The zero-order chi connectivity index (χ0) is 56.1. The van der Waals surface area contributed by atoms with Crippen LogP contribution in [-0.4, -0.2) is 0 Å². The largest absolute Gasteiger partial charge is 0.311 e. The maximum Gasteiger partial charge on any atom is 0.0464 e. The van der Waals surface area contributed by atoms with Gasteiger partial charge in [0.25, 0.3) is 0 Å². The zero-order valence-electron chi connectivity index (χ0n) is 47.5. The summed E-state index contributed by atoms with van der Waals surface area (Å²) in [5, 5.41) is 0. The molecular weight excluding hydrogens is 993 g/mol. The first-order chi connectivity index (χ1) is 40.1. The van der Waals surface area contributed by atoms with Crippen LogP contribution in [0.2, 0.25) is 0 Å². The minimum atomic E-state index is 1.07. The average molecular weight is 1060 g/mol. The maximum atomic E-state index is 2.36. The van der Waals surface area contributed by atoms with Crippen LogP contribution in [0.5, 0.6) is 0 Å². The van der Waals surface area contributed by atoms with Crippen LogP contribution in [0.4, 0.5) is 68.2 Å². The molecule has 4 nitrogen and oxygen atoms in total. The molecule has 398 valence electrons. The molecule has 4 heteroatoms. The van der Waals surface area contributed by atoms with Gasteiger partial charge in [-0.3, -0.25) is 0 Å². The standard InChI is InChI=1S/C78H66N4/c1-55-13-7-19-73(49-55)80(74-20-8-14-56(2)50-74)70-43-31-64(32-44-70)61-25-37-67(38-26-61)79(68-39-27-62(28-40-68)65-33-45-71(46-34-65)81(75-21-9-15-57(3)51-75)76-22-10-16-58(4)52-76)69-41-29-63(30-42-69)66-35-47-72(48-36-66)82(77-23-11-17-59(5)53-77)78-24-12-18-60(6)54-78/h7-54H,1-6H3. The molecule has 0 fully saturated rings. The summed E-state index contributed by atoms with van der Waals surface area (Å²) in [5.41, 5.74) is 27.6. The van der Waals surface area contributed by atoms with Gasteiger partial charge in [-0.15, -0.1) is 0 Å². The first-order valence-electron chi connectivity index (χ1n) is 28.3. The second-order valence-electron chi connectivity index (χ2n) is 21.7. The molecule has 0 atom stereocenters. The summed E-state index contributed by atoms with van der Waals surface area (Å²) in [5.74, 6) is 0. The molecule has 0 heterocycles. The molecule has 0 bridgehead atoms. The molecule has 12 aromatic rings. The van der Waals surface area contributed by atoms with E-state index in [0.29, 0.717) is 0 Å². The maximum absolute atomic E-state index is 2.36. The van der Waals surface area contributed by atoms with Crippen molar-refractivity contribution in [3.63, 3.8) is 0 Å². The van der Waals surface area contributed by atoms with E-state index in [-0.39, 0.29) is 0 Å². The Morgan fingerprint density at radius 2 is 0.280 bits per heavy atom. The van der Waals surface area contributed by atoms with Crippen molar-refractivity contribution in [2.75, 3.05) is 19.6 Å². The van der Waals surface area contributed by atoms with E-state index in [9.17, 15) is 0 Å². The second-order valence-corrected chi connectivity index (χ2v) is 21.7. The number of nitrogens with zero attached hydrogens (tertiary/aromatic N) is 4. The highest BCUT2D eigenvalue weighted by molar-refractivity contribution is 5.85. The average Bonchev–Trinajstić information content (AvgIpc) is 3.51. The van der Waals surface area contributed by atoms with Gasteiger partial charge >= 0.3 is 0 Å². The van der Waals surface area contributed by atoms with E-state index in [1.807, 2.05) is 0 Å². The van der Waals surface area contributed by atoms with Gasteiger partial charge in [-0.25, -0.2) is 0 Å². The van der Waals surface area contributed by atoms with E-state index in [0.717, 1.165) is 102 Å². The first kappa shape index (κ1) is 52.5. The number of benzene rings is 12. The zero-order valence-corrected chi connectivity index (χ0v) is 47.5. The Hall–Kier alpha value is -10.2. The Morgan fingerprint density at radius 1 is 0.146 bits per heavy atom. The van der Waals surface area contributed by atoms with Crippen molar-refractivity contribution in [3.05, 3.63) is 325 Å². The predicted molar refractivity (Wildman–Crippen MR) is 350 cm³/mol. The Bertz CT molecular complexity index is 3580. The summed E-state index contributed by atoms with van der Waals surface area (Å²) < 4.78 is 0. The predicted octanol–water partition coefficient (Wildman–Crippen LogP) is 22.4. The van der Waals surface area contributed by atoms with Crippen LogP contribution in [0.15, 0.2) is 291 Å². The number of anilines is 12. The highest BCUT2D eigenvalue weighted by atomic mass is 15.2. The number of aryl methyl sites for hydroxylation is 6. The molecular formula is C78H66N4. The Morgan fingerprint density at radius 3 is 0.415 bits per heavy atom. The molecule has 12 aromatic carbocycles. The molecule has 82 heavy (non-hydrogen) atoms. The molecule has 0 spiro atoms. The van der Waals surface area contributed by atoms with Gasteiger partial charge in [0.05, 0.1) is 0 Å².